The fourth-order valence-electron chi connectivity index (χ4n) is 2.18. The van der Waals surface area contributed by atoms with Crippen LogP contribution in [-0.4, -0.2) is 24.9 Å². The Morgan fingerprint density at radius 3 is 2.16 bits per heavy atom. The third-order valence-corrected chi connectivity index (χ3v) is 3.59. The highest BCUT2D eigenvalue weighted by molar-refractivity contribution is 5.91. The van der Waals surface area contributed by atoms with Gasteiger partial charge in [-0.2, -0.15) is 0 Å². The van der Waals surface area contributed by atoms with Crippen LogP contribution in [0.15, 0.2) is 53.5 Å². The van der Waals surface area contributed by atoms with Gasteiger partial charge in [0.1, 0.15) is 5.75 Å². The number of hydrogen-bond donors (Lipinski definition) is 3. The molecule has 7 heteroatoms. The van der Waals surface area contributed by atoms with E-state index < -0.39 is 5.97 Å². The molecule has 0 saturated heterocycles. The van der Waals surface area contributed by atoms with Crippen molar-refractivity contribution < 1.29 is 14.3 Å². The summed E-state index contributed by atoms with van der Waals surface area (Å²) in [7, 11) is 1.59. The maximum atomic E-state index is 12.1. The molecule has 5 N–H and O–H groups in total. The highest BCUT2D eigenvalue weighted by Gasteiger charge is 2.14. The number of hydrogen-bond acceptors (Lipinski definition) is 4. The van der Waals surface area contributed by atoms with Crippen LogP contribution in [-0.2, 0) is 4.79 Å². The number of nitrogens with one attached hydrogen (secondary N) is 1. The highest BCUT2D eigenvalue weighted by atomic mass is 16.5. The number of nitrogens with zero attached hydrogens (tertiary/aromatic N) is 1. The molecule has 1 atom stereocenters. The predicted octanol–water partition coefficient (Wildman–Crippen LogP) is 1.66. The van der Waals surface area contributed by atoms with Crippen molar-refractivity contribution in [3.8, 4) is 5.75 Å². The first-order chi connectivity index (χ1) is 11.9. The number of nitrogens with two attached hydrogens (primary N) is 2. The molecule has 1 amide bonds. The summed E-state index contributed by atoms with van der Waals surface area (Å²) in [6.07, 6.45) is 0. The molecule has 2 rings (SSSR count). The number of rotatable bonds is 5. The summed E-state index contributed by atoms with van der Waals surface area (Å²) >= 11 is 0. The van der Waals surface area contributed by atoms with Crippen molar-refractivity contribution in [1.82, 2.24) is 5.32 Å². The van der Waals surface area contributed by atoms with E-state index in [1.54, 1.807) is 62.5 Å². The van der Waals surface area contributed by atoms with Crippen LogP contribution in [0.2, 0.25) is 0 Å². The average Bonchev–Trinajstić information content (AvgIpc) is 2.61. The molecule has 0 bridgehead atoms. The second-order valence-corrected chi connectivity index (χ2v) is 5.38. The number of carbonyl (C=O) groups excluding carboxylic acids is 2. The molecule has 0 heterocycles. The fourth-order valence-corrected chi connectivity index (χ4v) is 2.18. The molecule has 0 aliphatic carbocycles. The molecule has 0 saturated carbocycles. The van der Waals surface area contributed by atoms with Crippen molar-refractivity contribution in [1.29, 1.82) is 0 Å². The van der Waals surface area contributed by atoms with E-state index in [4.69, 9.17) is 16.2 Å². The first kappa shape index (κ1) is 18.0. The lowest BCUT2D eigenvalue weighted by Crippen LogP contribution is -2.23. The number of amides is 1. The molecule has 2 aromatic rings. The molecule has 7 nitrogen and oxygen atoms in total. The van der Waals surface area contributed by atoms with E-state index in [1.165, 1.54) is 0 Å². The van der Waals surface area contributed by atoms with Gasteiger partial charge in [-0.1, -0.05) is 12.1 Å². The minimum Gasteiger partial charge on any atom is -0.423 e. The van der Waals surface area contributed by atoms with E-state index in [0.29, 0.717) is 17.0 Å². The van der Waals surface area contributed by atoms with Gasteiger partial charge >= 0.3 is 5.97 Å². The van der Waals surface area contributed by atoms with Gasteiger partial charge in [0.15, 0.2) is 5.96 Å². The maximum Gasteiger partial charge on any atom is 0.343 e. The minimum absolute atomic E-state index is 0.0543. The number of benzene rings is 2. The van der Waals surface area contributed by atoms with Crippen molar-refractivity contribution in [2.24, 2.45) is 16.5 Å². The van der Waals surface area contributed by atoms with Gasteiger partial charge in [-0.25, -0.2) is 9.79 Å². The fraction of sp³-hybridized carbons (Fsp3) is 0.167. The summed E-state index contributed by atoms with van der Waals surface area (Å²) in [5.41, 5.74) is 12.3. The summed E-state index contributed by atoms with van der Waals surface area (Å²) in [4.78, 5) is 27.7. The maximum absolute atomic E-state index is 12.1. The first-order valence-corrected chi connectivity index (χ1v) is 7.64. The number of likely N-dealkylation sites (N-methyl/N-ethyl adjacent to an activating group) is 1. The second kappa shape index (κ2) is 7.96. The van der Waals surface area contributed by atoms with Crippen molar-refractivity contribution in [2.75, 3.05) is 7.05 Å². The van der Waals surface area contributed by atoms with Crippen molar-refractivity contribution >= 4 is 23.5 Å². The van der Waals surface area contributed by atoms with Gasteiger partial charge in [-0.15, -0.1) is 0 Å². The molecule has 1 unspecified atom stereocenters. The number of aliphatic imine (C=N–C) groups is 1. The van der Waals surface area contributed by atoms with E-state index in [9.17, 15) is 9.59 Å². The highest BCUT2D eigenvalue weighted by Crippen LogP contribution is 2.21. The lowest BCUT2D eigenvalue weighted by Gasteiger charge is -2.11. The monoisotopic (exact) mass is 340 g/mol. The number of ether oxygens (including phenoxy) is 1. The van der Waals surface area contributed by atoms with Crippen LogP contribution in [0.25, 0.3) is 0 Å². The number of guanidine groups is 1. The predicted molar refractivity (Wildman–Crippen MR) is 95.8 cm³/mol. The summed E-state index contributed by atoms with van der Waals surface area (Å²) in [6, 6.07) is 13.2. The lowest BCUT2D eigenvalue weighted by atomic mass is 10.0. The normalized spacial score (nSPS) is 11.3. The lowest BCUT2D eigenvalue weighted by molar-refractivity contribution is -0.121. The van der Waals surface area contributed by atoms with Crippen LogP contribution in [0.1, 0.15) is 28.8 Å². The standard InChI is InChI=1S/C18H20N4O3/c1-11(16(23)21-2)12-5-9-15(10-6-12)25-17(24)13-3-7-14(8-4-13)22-18(19)20/h3-11H,1-2H3,(H,21,23)(H4,19,20,22). The quantitative estimate of drug-likeness (QED) is 0.331. The Morgan fingerprint density at radius 2 is 1.64 bits per heavy atom. The molecule has 0 radical (unpaired) electrons. The number of carbonyl (C=O) groups is 2. The Morgan fingerprint density at radius 1 is 1.04 bits per heavy atom. The van der Waals surface area contributed by atoms with Gasteiger partial charge in [0.25, 0.3) is 0 Å². The molecule has 2 aromatic carbocycles. The molecular weight excluding hydrogens is 320 g/mol. The smallest absolute Gasteiger partial charge is 0.343 e. The van der Waals surface area contributed by atoms with E-state index in [0.717, 1.165) is 5.56 Å². The summed E-state index contributed by atoms with van der Waals surface area (Å²) < 4.78 is 5.32. The second-order valence-electron chi connectivity index (χ2n) is 5.38. The zero-order chi connectivity index (χ0) is 18.4. The minimum atomic E-state index is -0.497. The van der Waals surface area contributed by atoms with Crippen LogP contribution < -0.4 is 21.5 Å². The van der Waals surface area contributed by atoms with E-state index >= 15 is 0 Å². The molecule has 0 fully saturated rings. The number of esters is 1. The largest absolute Gasteiger partial charge is 0.423 e. The Balaban J connectivity index is 2.05. The van der Waals surface area contributed by atoms with Crippen LogP contribution in [0, 0.1) is 0 Å². The van der Waals surface area contributed by atoms with E-state index in [2.05, 4.69) is 10.3 Å². The van der Waals surface area contributed by atoms with Gasteiger partial charge in [-0.3, -0.25) is 4.79 Å². The SMILES string of the molecule is CNC(=O)C(C)c1ccc(OC(=O)c2ccc(N=C(N)N)cc2)cc1. The Hall–Kier alpha value is -3.35. The van der Waals surface area contributed by atoms with Crippen LogP contribution in [0.5, 0.6) is 5.75 Å². The third kappa shape index (κ3) is 4.81. The zero-order valence-electron chi connectivity index (χ0n) is 14.0. The van der Waals surface area contributed by atoms with Crippen molar-refractivity contribution in [3.63, 3.8) is 0 Å². The topological polar surface area (TPSA) is 120 Å². The van der Waals surface area contributed by atoms with Gasteiger partial charge in [0.2, 0.25) is 5.91 Å². The van der Waals surface area contributed by atoms with Crippen LogP contribution in [0.3, 0.4) is 0 Å². The van der Waals surface area contributed by atoms with Crippen molar-refractivity contribution in [2.45, 2.75) is 12.8 Å². The van der Waals surface area contributed by atoms with Gasteiger partial charge in [-0.05, 0) is 48.9 Å². The Kier molecular flexibility index (Phi) is 5.73. The van der Waals surface area contributed by atoms with Crippen molar-refractivity contribution in [3.05, 3.63) is 59.7 Å². The van der Waals surface area contributed by atoms with Gasteiger partial charge in [0.05, 0.1) is 17.2 Å². The molecule has 0 spiro atoms. The van der Waals surface area contributed by atoms with Gasteiger partial charge < -0.3 is 21.5 Å². The molecule has 0 aromatic heterocycles. The van der Waals surface area contributed by atoms with Crippen LogP contribution in [0.4, 0.5) is 5.69 Å². The average molecular weight is 340 g/mol. The molecule has 130 valence electrons. The molecule has 0 aliphatic heterocycles. The van der Waals surface area contributed by atoms with Gasteiger partial charge in [0, 0.05) is 7.05 Å². The van der Waals surface area contributed by atoms with E-state index in [-0.39, 0.29) is 17.8 Å². The molecular formula is C18H20N4O3. The Labute approximate surface area is 145 Å². The summed E-state index contributed by atoms with van der Waals surface area (Å²) in [6.45, 7) is 1.80. The zero-order valence-corrected chi connectivity index (χ0v) is 14.0. The third-order valence-electron chi connectivity index (χ3n) is 3.59. The first-order valence-electron chi connectivity index (χ1n) is 7.64. The van der Waals surface area contributed by atoms with E-state index in [1.807, 2.05) is 0 Å². The summed E-state index contributed by atoms with van der Waals surface area (Å²) in [5.74, 6) is -0.514. The Bertz CT molecular complexity index is 779. The summed E-state index contributed by atoms with van der Waals surface area (Å²) in [5, 5.41) is 2.60. The molecule has 0 aliphatic rings. The van der Waals surface area contributed by atoms with Crippen LogP contribution >= 0.6 is 0 Å². The molecule has 25 heavy (non-hydrogen) atoms.